The van der Waals surface area contributed by atoms with Gasteiger partial charge in [0.15, 0.2) is 0 Å². The number of nitrogens with zero attached hydrogens (tertiary/aromatic N) is 1. The zero-order valence-electron chi connectivity index (χ0n) is 25.8. The van der Waals surface area contributed by atoms with Gasteiger partial charge < -0.3 is 9.84 Å². The van der Waals surface area contributed by atoms with Crippen molar-refractivity contribution in [1.29, 1.82) is 0 Å². The van der Waals surface area contributed by atoms with Crippen LogP contribution in [0.4, 0.5) is 0 Å². The fourth-order valence-electron chi connectivity index (χ4n) is 10.9. The van der Waals surface area contributed by atoms with E-state index in [9.17, 15) is 9.90 Å². The second-order valence-corrected chi connectivity index (χ2v) is 15.2. The molecule has 42 heavy (non-hydrogen) atoms. The van der Waals surface area contributed by atoms with Gasteiger partial charge in [-0.2, -0.15) is 0 Å². The van der Waals surface area contributed by atoms with E-state index in [2.05, 4.69) is 86.3 Å². The summed E-state index contributed by atoms with van der Waals surface area (Å²) in [5.74, 6) is 2.40. The Morgan fingerprint density at radius 2 is 1.60 bits per heavy atom. The Bertz CT molecular complexity index is 1320. The molecule has 1 N–H and O–H groups in total. The summed E-state index contributed by atoms with van der Waals surface area (Å²) in [7, 11) is 0. The molecule has 7 rings (SSSR count). The maximum atomic E-state index is 14.0. The quantitative estimate of drug-likeness (QED) is 0.303. The normalized spacial score (nSPS) is 41.7. The summed E-state index contributed by atoms with van der Waals surface area (Å²) in [6.07, 6.45) is 12.0. The number of fused-ring (bicyclic) bond motifs is 5. The van der Waals surface area contributed by atoms with Crippen molar-refractivity contribution in [3.05, 3.63) is 83.4 Å². The van der Waals surface area contributed by atoms with Crippen LogP contribution in [0.15, 0.2) is 72.3 Å². The van der Waals surface area contributed by atoms with Gasteiger partial charge in [-0.15, -0.1) is 0 Å². The van der Waals surface area contributed by atoms with E-state index in [-0.39, 0.29) is 28.9 Å². The first-order valence-corrected chi connectivity index (χ1v) is 16.6. The number of morpholine rings is 1. The van der Waals surface area contributed by atoms with E-state index >= 15 is 0 Å². The molecule has 0 spiro atoms. The lowest BCUT2D eigenvalue weighted by atomic mass is 9.46. The Morgan fingerprint density at radius 3 is 2.33 bits per heavy atom. The SMILES string of the molecule is C[C@]12CC[C@H](O)CC1=CC[C@@H]1[C@@H]2CC[C@]2(C)C([C@]3(C)CN(Cc4ccccc4)[C@H](Cc4ccccc4)C(=O)O3)CC[C@@H]12. The van der Waals surface area contributed by atoms with Gasteiger partial charge in [-0.25, -0.2) is 0 Å². The van der Waals surface area contributed by atoms with Crippen LogP contribution in [-0.4, -0.2) is 40.3 Å². The zero-order chi connectivity index (χ0) is 29.1. The predicted octanol–water partition coefficient (Wildman–Crippen LogP) is 7.36. The summed E-state index contributed by atoms with van der Waals surface area (Å²) >= 11 is 0. The number of carbonyl (C=O) groups is 1. The monoisotopic (exact) mass is 567 g/mol. The topological polar surface area (TPSA) is 49.8 Å². The number of aliphatic hydroxyl groups is 1. The highest BCUT2D eigenvalue weighted by atomic mass is 16.6. The molecule has 0 radical (unpaired) electrons. The van der Waals surface area contributed by atoms with E-state index < -0.39 is 5.60 Å². The second kappa shape index (κ2) is 10.6. The molecule has 1 unspecified atom stereocenters. The van der Waals surface area contributed by atoms with Gasteiger partial charge >= 0.3 is 5.97 Å². The van der Waals surface area contributed by atoms with Gasteiger partial charge in [0.1, 0.15) is 11.6 Å². The highest BCUT2D eigenvalue weighted by Crippen LogP contribution is 2.68. The first kappa shape index (κ1) is 28.3. The smallest absolute Gasteiger partial charge is 0.324 e. The second-order valence-electron chi connectivity index (χ2n) is 15.2. The number of hydrogen-bond acceptors (Lipinski definition) is 4. The Hall–Kier alpha value is -2.43. The van der Waals surface area contributed by atoms with Gasteiger partial charge in [0.2, 0.25) is 0 Å². The molecular formula is C38H49NO3. The van der Waals surface area contributed by atoms with Crippen LogP contribution >= 0.6 is 0 Å². The average molecular weight is 568 g/mol. The molecule has 0 amide bonds. The predicted molar refractivity (Wildman–Crippen MR) is 166 cm³/mol. The lowest BCUT2D eigenvalue weighted by Gasteiger charge is -2.59. The molecule has 4 heteroatoms. The van der Waals surface area contributed by atoms with Gasteiger partial charge in [0.25, 0.3) is 0 Å². The third kappa shape index (κ3) is 4.68. The van der Waals surface area contributed by atoms with E-state index in [4.69, 9.17) is 4.74 Å². The van der Waals surface area contributed by atoms with Gasteiger partial charge in [-0.05, 0) is 104 Å². The first-order valence-electron chi connectivity index (χ1n) is 16.6. The van der Waals surface area contributed by atoms with Crippen molar-refractivity contribution in [1.82, 2.24) is 4.90 Å². The number of ether oxygens (including phenoxy) is 1. The molecule has 4 aliphatic carbocycles. The number of benzene rings is 2. The molecule has 4 fully saturated rings. The minimum absolute atomic E-state index is 0.0530. The highest BCUT2D eigenvalue weighted by Gasteiger charge is 2.63. The summed E-state index contributed by atoms with van der Waals surface area (Å²) in [4.78, 5) is 16.4. The van der Waals surface area contributed by atoms with Crippen molar-refractivity contribution in [3.63, 3.8) is 0 Å². The zero-order valence-corrected chi connectivity index (χ0v) is 25.8. The maximum Gasteiger partial charge on any atom is 0.324 e. The van der Waals surface area contributed by atoms with Gasteiger partial charge in [0, 0.05) is 19.0 Å². The van der Waals surface area contributed by atoms with E-state index in [1.165, 1.54) is 36.0 Å². The van der Waals surface area contributed by atoms with Crippen molar-refractivity contribution >= 4 is 5.97 Å². The van der Waals surface area contributed by atoms with Crippen LogP contribution in [-0.2, 0) is 22.5 Å². The Kier molecular flexibility index (Phi) is 7.17. The van der Waals surface area contributed by atoms with Crippen LogP contribution in [0.3, 0.4) is 0 Å². The lowest BCUT2D eigenvalue weighted by Crippen LogP contribution is -2.63. The number of carbonyl (C=O) groups excluding carboxylic acids is 1. The van der Waals surface area contributed by atoms with Gasteiger partial charge in [0.05, 0.1) is 6.10 Å². The summed E-state index contributed by atoms with van der Waals surface area (Å²) < 4.78 is 6.66. The molecular weight excluding hydrogens is 518 g/mol. The standard InChI is InChI=1S/C38H49NO3/c1-36-20-18-29(40)23-28(36)14-15-30-31-16-17-34(37(31,2)21-19-32(30)36)38(3)25-39(24-27-12-8-5-9-13-27)33(35(41)42-38)22-26-10-6-4-7-11-26/h4-14,29-34,40H,15-25H2,1-3H3/t29-,30-,31-,32-,33+,34?,36-,37-,38-/m0/s1. The van der Waals surface area contributed by atoms with E-state index in [1.54, 1.807) is 0 Å². The van der Waals surface area contributed by atoms with Crippen LogP contribution in [0.5, 0.6) is 0 Å². The van der Waals surface area contributed by atoms with Gasteiger partial charge in [-0.1, -0.05) is 86.2 Å². The summed E-state index contributed by atoms with van der Waals surface area (Å²) in [6.45, 7) is 8.86. The highest BCUT2D eigenvalue weighted by molar-refractivity contribution is 5.77. The first-order chi connectivity index (χ1) is 20.2. The van der Waals surface area contributed by atoms with Crippen LogP contribution < -0.4 is 0 Å². The van der Waals surface area contributed by atoms with Crippen molar-refractivity contribution < 1.29 is 14.6 Å². The summed E-state index contributed by atoms with van der Waals surface area (Å²) in [6, 6.07) is 20.8. The fourth-order valence-corrected chi connectivity index (χ4v) is 10.9. The van der Waals surface area contributed by atoms with Gasteiger partial charge in [-0.3, -0.25) is 9.69 Å². The fraction of sp³-hybridized carbons (Fsp3) is 0.605. The number of hydrogen-bond donors (Lipinski definition) is 1. The number of cyclic esters (lactones) is 1. The van der Waals surface area contributed by atoms with Crippen molar-refractivity contribution in [2.45, 2.75) is 103 Å². The molecule has 2 aromatic carbocycles. The number of esters is 1. The molecule has 1 aliphatic heterocycles. The number of rotatable bonds is 5. The lowest BCUT2D eigenvalue weighted by molar-refractivity contribution is -0.200. The van der Waals surface area contributed by atoms with E-state index in [0.717, 1.165) is 45.2 Å². The van der Waals surface area contributed by atoms with Crippen molar-refractivity contribution in [2.24, 2.45) is 34.5 Å². The Labute approximate surface area is 252 Å². The van der Waals surface area contributed by atoms with E-state index in [1.807, 2.05) is 6.07 Å². The van der Waals surface area contributed by atoms with Crippen LogP contribution in [0.2, 0.25) is 0 Å². The number of allylic oxidation sites excluding steroid dienone is 1. The molecule has 0 aromatic heterocycles. The van der Waals surface area contributed by atoms with Crippen LogP contribution in [0.1, 0.15) is 83.3 Å². The molecule has 224 valence electrons. The summed E-state index contributed by atoms with van der Waals surface area (Å²) in [5.41, 5.74) is 3.90. The Balaban J connectivity index is 1.16. The van der Waals surface area contributed by atoms with Crippen LogP contribution in [0, 0.1) is 34.5 Å². The van der Waals surface area contributed by atoms with Crippen molar-refractivity contribution in [3.8, 4) is 0 Å². The molecule has 9 atom stereocenters. The summed E-state index contributed by atoms with van der Waals surface area (Å²) in [5, 5.41) is 10.4. The molecule has 5 aliphatic rings. The molecule has 1 heterocycles. The minimum atomic E-state index is -0.496. The van der Waals surface area contributed by atoms with Crippen molar-refractivity contribution in [2.75, 3.05) is 6.54 Å². The third-order valence-corrected chi connectivity index (χ3v) is 12.9. The third-order valence-electron chi connectivity index (χ3n) is 12.9. The van der Waals surface area contributed by atoms with Crippen LogP contribution in [0.25, 0.3) is 0 Å². The Morgan fingerprint density at radius 1 is 0.881 bits per heavy atom. The molecule has 0 bridgehead atoms. The largest absolute Gasteiger partial charge is 0.457 e. The average Bonchev–Trinajstić information content (AvgIpc) is 3.35. The number of aliphatic hydroxyl groups excluding tert-OH is 1. The maximum absolute atomic E-state index is 14.0. The molecule has 1 saturated heterocycles. The molecule has 4 nitrogen and oxygen atoms in total. The molecule has 3 saturated carbocycles. The van der Waals surface area contributed by atoms with E-state index in [0.29, 0.717) is 30.1 Å². The molecule has 2 aromatic rings. The minimum Gasteiger partial charge on any atom is -0.457 e.